The second-order valence-electron chi connectivity index (χ2n) is 6.09. The molecule has 1 aromatic carbocycles. The molecule has 0 spiro atoms. The third-order valence-corrected chi connectivity index (χ3v) is 5.63. The van der Waals surface area contributed by atoms with E-state index in [4.69, 9.17) is 4.74 Å². The molecule has 0 radical (unpaired) electrons. The molecule has 0 saturated carbocycles. The zero-order valence-electron chi connectivity index (χ0n) is 14.2. The lowest BCUT2D eigenvalue weighted by atomic mass is 10.1. The molecule has 1 aliphatic heterocycles. The summed E-state index contributed by atoms with van der Waals surface area (Å²) in [7, 11) is -3.10. The minimum Gasteiger partial charge on any atom is -0.456 e. The van der Waals surface area contributed by atoms with Gasteiger partial charge in [0.25, 0.3) is 5.91 Å². The highest BCUT2D eigenvalue weighted by Gasteiger charge is 2.30. The van der Waals surface area contributed by atoms with Crippen molar-refractivity contribution in [2.45, 2.75) is 12.8 Å². The number of amides is 2. The van der Waals surface area contributed by atoms with Crippen LogP contribution in [0, 0.1) is 17.6 Å². The first-order chi connectivity index (χ1) is 12.6. The Kier molecular flexibility index (Phi) is 6.83. The van der Waals surface area contributed by atoms with E-state index in [1.807, 2.05) is 0 Å². The minimum atomic E-state index is -3.10. The van der Waals surface area contributed by atoms with Crippen LogP contribution in [0.25, 0.3) is 0 Å². The molecule has 2 rings (SSSR count). The molecule has 1 heterocycles. The number of carbonyl (C=O) groups excluding carboxylic acids is 3. The third kappa shape index (κ3) is 6.93. The number of hydrogen-bond acceptors (Lipinski definition) is 6. The number of nitrogens with one attached hydrogen (secondary N) is 2. The summed E-state index contributed by atoms with van der Waals surface area (Å²) in [6, 6.07) is 2.79. The molecular formula is C16H18F2N2O6S. The number of esters is 1. The second kappa shape index (κ2) is 8.89. The summed E-state index contributed by atoms with van der Waals surface area (Å²) in [5.74, 6) is -4.64. The maximum atomic E-state index is 13.0. The molecule has 0 bridgehead atoms. The van der Waals surface area contributed by atoms with E-state index in [1.54, 1.807) is 0 Å². The highest BCUT2D eigenvalue weighted by Crippen LogP contribution is 2.21. The number of ether oxygens (including phenoxy) is 1. The molecule has 1 saturated heterocycles. The zero-order chi connectivity index (χ0) is 20.0. The molecule has 0 aromatic heterocycles. The van der Waals surface area contributed by atoms with E-state index in [0.717, 1.165) is 18.2 Å². The summed E-state index contributed by atoms with van der Waals surface area (Å²) in [6.45, 7) is -1.08. The van der Waals surface area contributed by atoms with Crippen LogP contribution < -0.4 is 10.6 Å². The third-order valence-electron chi connectivity index (χ3n) is 3.80. The highest BCUT2D eigenvalue weighted by atomic mass is 32.2. The predicted molar refractivity (Wildman–Crippen MR) is 90.3 cm³/mol. The van der Waals surface area contributed by atoms with Gasteiger partial charge in [-0.1, -0.05) is 0 Å². The first-order valence-corrected chi connectivity index (χ1v) is 9.84. The van der Waals surface area contributed by atoms with Gasteiger partial charge in [-0.25, -0.2) is 17.2 Å². The van der Waals surface area contributed by atoms with Crippen LogP contribution in [0.3, 0.4) is 0 Å². The maximum absolute atomic E-state index is 13.0. The van der Waals surface area contributed by atoms with Gasteiger partial charge < -0.3 is 15.4 Å². The number of anilines is 1. The first-order valence-electron chi connectivity index (χ1n) is 8.02. The molecule has 2 amide bonds. The summed E-state index contributed by atoms with van der Waals surface area (Å²) in [5, 5.41) is 4.46. The first kappa shape index (κ1) is 20.7. The molecule has 0 aliphatic carbocycles. The predicted octanol–water partition coefficient (Wildman–Crippen LogP) is 0.388. The van der Waals surface area contributed by atoms with Gasteiger partial charge in [0.1, 0.15) is 0 Å². The van der Waals surface area contributed by atoms with E-state index in [2.05, 4.69) is 10.6 Å². The molecule has 1 fully saturated rings. The zero-order valence-corrected chi connectivity index (χ0v) is 15.0. The number of halogens is 2. The largest absolute Gasteiger partial charge is 0.456 e. The molecule has 1 aliphatic rings. The van der Waals surface area contributed by atoms with Crippen LogP contribution in [0.15, 0.2) is 18.2 Å². The van der Waals surface area contributed by atoms with Gasteiger partial charge in [-0.3, -0.25) is 14.4 Å². The van der Waals surface area contributed by atoms with E-state index in [1.165, 1.54) is 0 Å². The van der Waals surface area contributed by atoms with Gasteiger partial charge in [0, 0.05) is 18.2 Å². The molecule has 0 unspecified atom stereocenters. The second-order valence-corrected chi connectivity index (χ2v) is 8.32. The van der Waals surface area contributed by atoms with E-state index >= 15 is 0 Å². The molecular weight excluding hydrogens is 386 g/mol. The standard InChI is InChI=1S/C16H18F2N2O6S/c17-12-2-1-11(6-13(12)18)20-14(21)7-19-15(22)8-26-16(23)5-10-3-4-27(24,25)9-10/h1-2,6,10H,3-5,7-9H2,(H,19,22)(H,20,21)/t10-/m1/s1. The van der Waals surface area contributed by atoms with Crippen molar-refractivity contribution in [2.75, 3.05) is 30.0 Å². The Morgan fingerprint density at radius 2 is 1.89 bits per heavy atom. The lowest BCUT2D eigenvalue weighted by Gasteiger charge is -2.09. The van der Waals surface area contributed by atoms with Gasteiger partial charge in [-0.2, -0.15) is 0 Å². The van der Waals surface area contributed by atoms with Crippen LogP contribution in [-0.4, -0.2) is 50.9 Å². The molecule has 1 atom stereocenters. The average molecular weight is 404 g/mol. The number of sulfone groups is 1. The van der Waals surface area contributed by atoms with Crippen LogP contribution in [-0.2, 0) is 29.0 Å². The average Bonchev–Trinajstić information content (AvgIpc) is 2.93. The fourth-order valence-corrected chi connectivity index (χ4v) is 4.34. The van der Waals surface area contributed by atoms with Crippen molar-refractivity contribution in [1.29, 1.82) is 0 Å². The maximum Gasteiger partial charge on any atom is 0.306 e. The molecule has 2 N–H and O–H groups in total. The van der Waals surface area contributed by atoms with Crippen molar-refractivity contribution in [3.63, 3.8) is 0 Å². The minimum absolute atomic E-state index is 0.0195. The molecule has 1 aromatic rings. The van der Waals surface area contributed by atoms with Crippen LogP contribution in [0.5, 0.6) is 0 Å². The number of carbonyl (C=O) groups is 3. The van der Waals surface area contributed by atoms with Crippen molar-refractivity contribution in [3.8, 4) is 0 Å². The number of rotatable bonds is 7. The summed E-state index contributed by atoms with van der Waals surface area (Å²) < 4.78 is 53.2. The lowest BCUT2D eigenvalue weighted by Crippen LogP contribution is -2.35. The van der Waals surface area contributed by atoms with E-state index in [9.17, 15) is 31.6 Å². The van der Waals surface area contributed by atoms with E-state index in [0.29, 0.717) is 6.42 Å². The number of benzene rings is 1. The quantitative estimate of drug-likeness (QED) is 0.635. The van der Waals surface area contributed by atoms with E-state index in [-0.39, 0.29) is 29.5 Å². The van der Waals surface area contributed by atoms with Crippen molar-refractivity contribution in [1.82, 2.24) is 5.32 Å². The fraction of sp³-hybridized carbons (Fsp3) is 0.438. The summed E-state index contributed by atoms with van der Waals surface area (Å²) in [6.07, 6.45) is 0.289. The normalized spacial score (nSPS) is 17.9. The van der Waals surface area contributed by atoms with Gasteiger partial charge in [0.05, 0.1) is 18.1 Å². The van der Waals surface area contributed by atoms with Crippen molar-refractivity contribution < 1.29 is 36.3 Å². The monoisotopic (exact) mass is 404 g/mol. The van der Waals surface area contributed by atoms with Crippen LogP contribution in [0.4, 0.5) is 14.5 Å². The van der Waals surface area contributed by atoms with Gasteiger partial charge in [-0.05, 0) is 24.5 Å². The van der Waals surface area contributed by atoms with Crippen molar-refractivity contribution >= 4 is 33.3 Å². The molecule has 8 nitrogen and oxygen atoms in total. The Morgan fingerprint density at radius 1 is 1.15 bits per heavy atom. The Balaban J connectivity index is 1.65. The Morgan fingerprint density at radius 3 is 2.52 bits per heavy atom. The molecule has 148 valence electrons. The fourth-order valence-electron chi connectivity index (χ4n) is 2.48. The van der Waals surface area contributed by atoms with Gasteiger partial charge >= 0.3 is 5.97 Å². The van der Waals surface area contributed by atoms with Gasteiger partial charge in [0.2, 0.25) is 5.91 Å². The SMILES string of the molecule is O=C(COC(=O)C[C@H]1CCS(=O)(=O)C1)NCC(=O)Nc1ccc(F)c(F)c1. The molecule has 27 heavy (non-hydrogen) atoms. The van der Waals surface area contributed by atoms with Crippen molar-refractivity contribution in [3.05, 3.63) is 29.8 Å². The van der Waals surface area contributed by atoms with E-state index < -0.39 is 52.4 Å². The Bertz CT molecular complexity index is 843. The summed E-state index contributed by atoms with van der Waals surface area (Å²) >= 11 is 0. The summed E-state index contributed by atoms with van der Waals surface area (Å²) in [4.78, 5) is 34.8. The highest BCUT2D eigenvalue weighted by molar-refractivity contribution is 7.91. The van der Waals surface area contributed by atoms with Crippen LogP contribution in [0.2, 0.25) is 0 Å². The summed E-state index contributed by atoms with van der Waals surface area (Å²) in [5.41, 5.74) is 0.0195. The van der Waals surface area contributed by atoms with Gasteiger partial charge in [-0.15, -0.1) is 0 Å². The van der Waals surface area contributed by atoms with Gasteiger partial charge in [0.15, 0.2) is 28.1 Å². The van der Waals surface area contributed by atoms with Crippen LogP contribution in [0.1, 0.15) is 12.8 Å². The smallest absolute Gasteiger partial charge is 0.306 e. The Hall–Kier alpha value is -2.56. The lowest BCUT2D eigenvalue weighted by molar-refractivity contribution is -0.149. The molecule has 11 heteroatoms. The van der Waals surface area contributed by atoms with Crippen molar-refractivity contribution in [2.24, 2.45) is 5.92 Å². The Labute approximate surface area is 154 Å². The van der Waals surface area contributed by atoms with Crippen LogP contribution >= 0.6 is 0 Å². The topological polar surface area (TPSA) is 119 Å². The number of hydrogen-bond donors (Lipinski definition) is 2.